The highest BCUT2D eigenvalue weighted by Crippen LogP contribution is 2.53. The van der Waals surface area contributed by atoms with Crippen LogP contribution in [-0.4, -0.2) is 38.8 Å². The maximum absolute atomic E-state index is 13.5. The number of hydrogen-bond acceptors (Lipinski definition) is 4. The molecule has 1 aliphatic carbocycles. The number of allylic oxidation sites excluding steroid dienone is 3. The largest absolute Gasteiger partial charge is 0.339 e. The predicted octanol–water partition coefficient (Wildman–Crippen LogP) is 5.20. The topological polar surface area (TPSA) is 59.0 Å². The summed E-state index contributed by atoms with van der Waals surface area (Å²) in [7, 11) is 0. The Hall–Kier alpha value is -3.67. The van der Waals surface area contributed by atoms with Crippen LogP contribution in [0.5, 0.6) is 0 Å². The van der Waals surface area contributed by atoms with E-state index in [1.807, 2.05) is 17.0 Å². The van der Waals surface area contributed by atoms with Gasteiger partial charge in [0.05, 0.1) is 11.3 Å². The molecular weight excluding hydrogens is 415 g/mol. The van der Waals surface area contributed by atoms with E-state index in [0.29, 0.717) is 30.0 Å². The molecule has 0 unspecified atom stereocenters. The molecule has 0 radical (unpaired) electrons. The van der Waals surface area contributed by atoms with Gasteiger partial charge in [0.2, 0.25) is 0 Å². The van der Waals surface area contributed by atoms with Gasteiger partial charge in [-0.2, -0.15) is 0 Å². The van der Waals surface area contributed by atoms with Crippen molar-refractivity contribution >= 4 is 5.91 Å². The predicted molar refractivity (Wildman–Crippen MR) is 125 cm³/mol. The summed E-state index contributed by atoms with van der Waals surface area (Å²) in [5, 5.41) is 0. The molecule has 1 atom stereocenters. The number of halogens is 1. The first-order valence-electron chi connectivity index (χ1n) is 11.2. The van der Waals surface area contributed by atoms with Gasteiger partial charge in [-0.05, 0) is 66.6 Å². The number of aromatic nitrogens is 3. The number of benzene rings is 1. The van der Waals surface area contributed by atoms with Crippen LogP contribution in [0.15, 0.2) is 85.5 Å². The van der Waals surface area contributed by atoms with E-state index >= 15 is 0 Å². The molecule has 1 amide bonds. The smallest absolute Gasteiger partial charge is 0.256 e. The fourth-order valence-electron chi connectivity index (χ4n) is 5.27. The summed E-state index contributed by atoms with van der Waals surface area (Å²) in [5.41, 5.74) is 3.83. The zero-order valence-electron chi connectivity index (χ0n) is 18.3. The summed E-state index contributed by atoms with van der Waals surface area (Å²) < 4.78 is 13.5. The number of pyridine rings is 1. The summed E-state index contributed by atoms with van der Waals surface area (Å²) in [6, 6.07) is 12.2. The quantitative estimate of drug-likeness (QED) is 0.562. The molecule has 5 rings (SSSR count). The van der Waals surface area contributed by atoms with Gasteiger partial charge in [-0.15, -0.1) is 0 Å². The van der Waals surface area contributed by atoms with Crippen LogP contribution >= 0.6 is 0 Å². The Kier molecular flexibility index (Phi) is 5.58. The van der Waals surface area contributed by atoms with Gasteiger partial charge < -0.3 is 4.90 Å². The van der Waals surface area contributed by atoms with Gasteiger partial charge in [-0.1, -0.05) is 30.9 Å². The SMILES string of the molecule is C=C1C=CC[C@@H](c2ccc(F)cc2)C12CCN(C(=O)c1cccnc1-c1ccncn1)CC2. The van der Waals surface area contributed by atoms with E-state index in [-0.39, 0.29) is 23.1 Å². The number of nitrogens with zero attached hydrogens (tertiary/aromatic N) is 4. The highest BCUT2D eigenvalue weighted by molar-refractivity contribution is 5.99. The lowest BCUT2D eigenvalue weighted by Gasteiger charge is -2.49. The molecule has 1 spiro atoms. The van der Waals surface area contributed by atoms with Crippen LogP contribution in [0.3, 0.4) is 0 Å². The zero-order valence-corrected chi connectivity index (χ0v) is 18.3. The number of carbonyl (C=O) groups is 1. The van der Waals surface area contributed by atoms with Gasteiger partial charge in [0, 0.05) is 30.9 Å². The minimum atomic E-state index is -0.227. The van der Waals surface area contributed by atoms with Crippen molar-refractivity contribution < 1.29 is 9.18 Å². The fourth-order valence-corrected chi connectivity index (χ4v) is 5.27. The third-order valence-corrected chi connectivity index (χ3v) is 7.08. The second-order valence-corrected chi connectivity index (χ2v) is 8.71. The number of hydrogen-bond donors (Lipinski definition) is 0. The van der Waals surface area contributed by atoms with Crippen LogP contribution in [0.1, 0.15) is 41.1 Å². The van der Waals surface area contributed by atoms with E-state index in [1.165, 1.54) is 18.5 Å². The number of amides is 1. The van der Waals surface area contributed by atoms with Crippen LogP contribution in [0.25, 0.3) is 11.4 Å². The second-order valence-electron chi connectivity index (χ2n) is 8.71. The monoisotopic (exact) mass is 440 g/mol. The highest BCUT2D eigenvalue weighted by atomic mass is 19.1. The minimum absolute atomic E-state index is 0.0399. The van der Waals surface area contributed by atoms with Crippen molar-refractivity contribution in [2.75, 3.05) is 13.1 Å². The summed E-state index contributed by atoms with van der Waals surface area (Å²) in [5.74, 6) is -0.0426. The van der Waals surface area contributed by atoms with E-state index in [9.17, 15) is 9.18 Å². The van der Waals surface area contributed by atoms with E-state index in [2.05, 4.69) is 33.7 Å². The van der Waals surface area contributed by atoms with Crippen molar-refractivity contribution in [3.8, 4) is 11.4 Å². The van der Waals surface area contributed by atoms with Crippen molar-refractivity contribution in [1.82, 2.24) is 19.9 Å². The van der Waals surface area contributed by atoms with Gasteiger partial charge in [-0.25, -0.2) is 14.4 Å². The maximum Gasteiger partial charge on any atom is 0.256 e. The first kappa shape index (κ1) is 21.2. The van der Waals surface area contributed by atoms with Crippen molar-refractivity contribution in [3.63, 3.8) is 0 Å². The van der Waals surface area contributed by atoms with Gasteiger partial charge in [0.15, 0.2) is 0 Å². The molecule has 3 aromatic rings. The van der Waals surface area contributed by atoms with Gasteiger partial charge in [-0.3, -0.25) is 9.78 Å². The average Bonchev–Trinajstić information content (AvgIpc) is 2.87. The molecule has 3 heterocycles. The highest BCUT2D eigenvalue weighted by Gasteiger charge is 2.45. The Balaban J connectivity index is 1.40. The molecule has 1 fully saturated rings. The van der Waals surface area contributed by atoms with Crippen molar-refractivity contribution in [3.05, 3.63) is 102 Å². The van der Waals surface area contributed by atoms with Crippen molar-refractivity contribution in [2.24, 2.45) is 5.41 Å². The van der Waals surface area contributed by atoms with Crippen LogP contribution in [0, 0.1) is 11.2 Å². The average molecular weight is 441 g/mol. The molecule has 2 aliphatic rings. The molecule has 166 valence electrons. The Morgan fingerprint density at radius 2 is 1.85 bits per heavy atom. The minimum Gasteiger partial charge on any atom is -0.339 e. The lowest BCUT2D eigenvalue weighted by molar-refractivity contribution is 0.0589. The summed E-state index contributed by atoms with van der Waals surface area (Å²) >= 11 is 0. The number of likely N-dealkylation sites (tertiary alicyclic amines) is 1. The number of carbonyl (C=O) groups excluding carboxylic acids is 1. The van der Waals surface area contributed by atoms with E-state index < -0.39 is 0 Å². The van der Waals surface area contributed by atoms with E-state index in [4.69, 9.17) is 0 Å². The molecule has 0 saturated carbocycles. The lowest BCUT2D eigenvalue weighted by atomic mass is 9.59. The molecule has 6 heteroatoms. The zero-order chi connectivity index (χ0) is 22.8. The molecule has 0 bridgehead atoms. The molecule has 1 aromatic carbocycles. The first-order valence-corrected chi connectivity index (χ1v) is 11.2. The molecule has 0 N–H and O–H groups in total. The molecule has 2 aromatic heterocycles. The number of rotatable bonds is 3. The fraction of sp³-hybridized carbons (Fsp3) is 0.259. The lowest BCUT2D eigenvalue weighted by Crippen LogP contribution is -2.47. The van der Waals surface area contributed by atoms with Crippen LogP contribution in [-0.2, 0) is 0 Å². The van der Waals surface area contributed by atoms with Gasteiger partial charge >= 0.3 is 0 Å². The Labute approximate surface area is 192 Å². The molecular formula is C27H25FN4O. The van der Waals surface area contributed by atoms with E-state index in [1.54, 1.807) is 30.6 Å². The van der Waals surface area contributed by atoms with Crippen LogP contribution in [0.2, 0.25) is 0 Å². The third-order valence-electron chi connectivity index (χ3n) is 7.08. The molecule has 1 aliphatic heterocycles. The van der Waals surface area contributed by atoms with Crippen molar-refractivity contribution in [1.29, 1.82) is 0 Å². The second kappa shape index (κ2) is 8.70. The van der Waals surface area contributed by atoms with Crippen LogP contribution < -0.4 is 0 Å². The van der Waals surface area contributed by atoms with Gasteiger partial charge in [0.1, 0.15) is 17.8 Å². The molecule has 5 nitrogen and oxygen atoms in total. The molecule has 33 heavy (non-hydrogen) atoms. The van der Waals surface area contributed by atoms with Gasteiger partial charge in [0.25, 0.3) is 5.91 Å². The standard InChI is InChI=1S/C27H25FN4O/c1-19-4-2-6-23(20-7-9-21(28)10-8-20)27(19)12-16-32(17-13-27)26(33)22-5-3-14-30-25(22)24-11-15-29-18-31-24/h2-5,7-11,14-15,18,23H,1,6,12-13,16-17H2/t23-/m0/s1. The summed E-state index contributed by atoms with van der Waals surface area (Å²) in [4.78, 5) is 28.1. The number of piperidine rings is 1. The summed E-state index contributed by atoms with van der Waals surface area (Å²) in [6.07, 6.45) is 11.6. The normalized spacial score (nSPS) is 19.6. The maximum atomic E-state index is 13.5. The summed E-state index contributed by atoms with van der Waals surface area (Å²) in [6.45, 7) is 5.63. The van der Waals surface area contributed by atoms with Crippen LogP contribution in [0.4, 0.5) is 4.39 Å². The Bertz CT molecular complexity index is 1200. The third kappa shape index (κ3) is 3.86. The van der Waals surface area contributed by atoms with E-state index in [0.717, 1.165) is 30.4 Å². The van der Waals surface area contributed by atoms with Crippen molar-refractivity contribution in [2.45, 2.75) is 25.2 Å². The molecule has 1 saturated heterocycles. The first-order chi connectivity index (χ1) is 16.1. The Morgan fingerprint density at radius 3 is 2.58 bits per heavy atom. The Morgan fingerprint density at radius 1 is 1.06 bits per heavy atom.